The quantitative estimate of drug-likeness (QED) is 0.190. The molecule has 0 aromatic heterocycles. The number of benzene rings is 1. The van der Waals surface area contributed by atoms with Gasteiger partial charge < -0.3 is 14.6 Å². The summed E-state index contributed by atoms with van der Waals surface area (Å²) in [6, 6.07) is 1.44. The Morgan fingerprint density at radius 2 is 1.26 bits per heavy atom. The number of unbranched alkanes of at least 4 members (excludes halogenated alkanes) is 7. The van der Waals surface area contributed by atoms with Crippen LogP contribution in [0.3, 0.4) is 0 Å². The Balaban J connectivity index is 2.55. The second-order valence-electron chi connectivity index (χ2n) is 8.20. The molecule has 0 bridgehead atoms. The van der Waals surface area contributed by atoms with Crippen molar-refractivity contribution in [3.8, 4) is 0 Å². The van der Waals surface area contributed by atoms with E-state index in [9.17, 15) is 18.3 Å². The summed E-state index contributed by atoms with van der Waals surface area (Å²) in [6.45, 7) is 6.56. The highest BCUT2D eigenvalue weighted by Gasteiger charge is 2.38. The minimum atomic E-state index is -1.60. The van der Waals surface area contributed by atoms with E-state index in [-0.39, 0.29) is 17.9 Å². The summed E-state index contributed by atoms with van der Waals surface area (Å²) < 4.78 is 51.8. The lowest BCUT2D eigenvalue weighted by atomic mass is 9.91. The molecule has 0 amide bonds. The van der Waals surface area contributed by atoms with Gasteiger partial charge in [-0.05, 0) is 39.5 Å². The van der Waals surface area contributed by atoms with Crippen molar-refractivity contribution in [2.24, 2.45) is 5.92 Å². The monoisotopic (exact) mass is 446 g/mol. The van der Waals surface area contributed by atoms with E-state index in [0.717, 1.165) is 44.2 Å². The van der Waals surface area contributed by atoms with Gasteiger partial charge in [0, 0.05) is 36.8 Å². The first kappa shape index (κ1) is 27.9. The fraction of sp³-hybridized carbons (Fsp3) is 0.760. The average Bonchev–Trinajstić information content (AvgIpc) is 2.70. The van der Waals surface area contributed by atoms with Gasteiger partial charge in [0.2, 0.25) is 0 Å². The lowest BCUT2D eigenvalue weighted by Gasteiger charge is -2.35. The van der Waals surface area contributed by atoms with Crippen LogP contribution in [0.1, 0.15) is 97.0 Å². The van der Waals surface area contributed by atoms with Crippen LogP contribution in [-0.2, 0) is 15.9 Å². The van der Waals surface area contributed by atoms with E-state index in [4.69, 9.17) is 9.47 Å². The minimum absolute atomic E-state index is 0.0647. The van der Waals surface area contributed by atoms with Crippen LogP contribution in [0.5, 0.6) is 0 Å². The third kappa shape index (κ3) is 10.4. The van der Waals surface area contributed by atoms with E-state index in [2.05, 4.69) is 6.92 Å². The predicted molar refractivity (Wildman–Crippen MR) is 118 cm³/mol. The molecule has 1 aromatic rings. The van der Waals surface area contributed by atoms with Crippen molar-refractivity contribution in [3.05, 3.63) is 35.1 Å². The molecule has 0 spiro atoms. The standard InChI is InChI=1S/C25H41F3O3/c1-4-7-8-9-10-12-15-20(25(29,30-5-2)31-6-3)16-13-11-14-17-22-23(27)18-21(26)19-24(22)28/h18-20,29H,4-17H2,1-3H3. The van der Waals surface area contributed by atoms with Crippen molar-refractivity contribution in [1.82, 2.24) is 0 Å². The molecular weight excluding hydrogens is 405 g/mol. The molecule has 1 aromatic carbocycles. The zero-order valence-corrected chi connectivity index (χ0v) is 19.5. The van der Waals surface area contributed by atoms with E-state index in [1.54, 1.807) is 0 Å². The van der Waals surface area contributed by atoms with Gasteiger partial charge in [0.25, 0.3) is 5.97 Å². The fourth-order valence-corrected chi connectivity index (χ4v) is 4.05. The van der Waals surface area contributed by atoms with Gasteiger partial charge in [-0.25, -0.2) is 13.2 Å². The van der Waals surface area contributed by atoms with Crippen LogP contribution in [0.4, 0.5) is 13.2 Å². The molecule has 0 saturated heterocycles. The summed E-state index contributed by atoms with van der Waals surface area (Å²) in [5, 5.41) is 11.0. The van der Waals surface area contributed by atoms with Gasteiger partial charge in [-0.2, -0.15) is 0 Å². The van der Waals surface area contributed by atoms with Gasteiger partial charge in [-0.1, -0.05) is 58.3 Å². The van der Waals surface area contributed by atoms with Crippen LogP contribution in [0.2, 0.25) is 0 Å². The number of hydrogen-bond acceptors (Lipinski definition) is 3. The summed E-state index contributed by atoms with van der Waals surface area (Å²) in [5.41, 5.74) is -0.0647. The van der Waals surface area contributed by atoms with Crippen LogP contribution >= 0.6 is 0 Å². The summed E-state index contributed by atoms with van der Waals surface area (Å²) in [6.07, 6.45) is 10.9. The van der Waals surface area contributed by atoms with Crippen LogP contribution in [0.25, 0.3) is 0 Å². The van der Waals surface area contributed by atoms with Crippen LogP contribution in [0, 0.1) is 23.4 Å². The molecule has 6 heteroatoms. The number of hydrogen-bond donors (Lipinski definition) is 1. The Bertz CT molecular complexity index is 581. The van der Waals surface area contributed by atoms with Gasteiger partial charge in [-0.15, -0.1) is 0 Å². The lowest BCUT2D eigenvalue weighted by Crippen LogP contribution is -2.44. The summed E-state index contributed by atoms with van der Waals surface area (Å²) in [7, 11) is 0. The van der Waals surface area contributed by atoms with Crippen LogP contribution in [-0.4, -0.2) is 24.3 Å². The summed E-state index contributed by atoms with van der Waals surface area (Å²) in [4.78, 5) is 0. The van der Waals surface area contributed by atoms with E-state index in [1.807, 2.05) is 13.8 Å². The molecule has 0 aliphatic carbocycles. The van der Waals surface area contributed by atoms with Gasteiger partial charge in [0.1, 0.15) is 17.5 Å². The third-order valence-electron chi connectivity index (χ3n) is 5.71. The van der Waals surface area contributed by atoms with Crippen molar-refractivity contribution in [2.45, 2.75) is 104 Å². The summed E-state index contributed by atoms with van der Waals surface area (Å²) >= 11 is 0. The Morgan fingerprint density at radius 1 is 0.774 bits per heavy atom. The molecule has 1 N–H and O–H groups in total. The molecule has 31 heavy (non-hydrogen) atoms. The molecule has 3 nitrogen and oxygen atoms in total. The van der Waals surface area contributed by atoms with E-state index >= 15 is 0 Å². The SMILES string of the molecule is CCCCCCCCC(CCCCCc1c(F)cc(F)cc1F)C(O)(OCC)OCC. The Hall–Kier alpha value is -1.11. The van der Waals surface area contributed by atoms with Gasteiger partial charge in [0.05, 0.1) is 0 Å². The zero-order chi connectivity index (χ0) is 23.1. The third-order valence-corrected chi connectivity index (χ3v) is 5.71. The zero-order valence-electron chi connectivity index (χ0n) is 19.5. The topological polar surface area (TPSA) is 38.7 Å². The van der Waals surface area contributed by atoms with Crippen molar-refractivity contribution >= 4 is 0 Å². The highest BCUT2D eigenvalue weighted by Crippen LogP contribution is 2.31. The van der Waals surface area contributed by atoms with Crippen molar-refractivity contribution in [3.63, 3.8) is 0 Å². The smallest absolute Gasteiger partial charge is 0.283 e. The first-order chi connectivity index (χ1) is 14.9. The Labute approximate surface area is 186 Å². The largest absolute Gasteiger partial charge is 0.343 e. The van der Waals surface area contributed by atoms with Crippen LogP contribution in [0.15, 0.2) is 12.1 Å². The van der Waals surface area contributed by atoms with Gasteiger partial charge in [-0.3, -0.25) is 0 Å². The Morgan fingerprint density at radius 3 is 1.77 bits per heavy atom. The molecular formula is C25H41F3O3. The molecule has 0 fully saturated rings. The van der Waals surface area contributed by atoms with Gasteiger partial charge >= 0.3 is 0 Å². The molecule has 1 atom stereocenters. The highest BCUT2D eigenvalue weighted by atomic mass is 19.1. The molecule has 0 radical (unpaired) electrons. The Kier molecular flexibility index (Phi) is 14.1. The van der Waals surface area contributed by atoms with Crippen LogP contribution < -0.4 is 0 Å². The maximum absolute atomic E-state index is 13.8. The normalized spacial score (nSPS) is 13.0. The molecule has 0 heterocycles. The van der Waals surface area contributed by atoms with E-state index < -0.39 is 23.4 Å². The number of aliphatic hydroxyl groups is 1. The van der Waals surface area contributed by atoms with Crippen molar-refractivity contribution in [1.29, 1.82) is 0 Å². The molecule has 180 valence electrons. The predicted octanol–water partition coefficient (Wildman–Crippen LogP) is 7.29. The average molecular weight is 447 g/mol. The van der Waals surface area contributed by atoms with E-state index in [1.165, 1.54) is 25.7 Å². The first-order valence-electron chi connectivity index (χ1n) is 12.0. The number of ether oxygens (including phenoxy) is 2. The molecule has 0 aliphatic rings. The summed E-state index contributed by atoms with van der Waals surface area (Å²) in [5.74, 6) is -4.32. The van der Waals surface area contributed by atoms with Gasteiger partial charge in [0.15, 0.2) is 0 Å². The molecule has 0 aliphatic heterocycles. The fourth-order valence-electron chi connectivity index (χ4n) is 4.05. The second-order valence-corrected chi connectivity index (χ2v) is 8.20. The van der Waals surface area contributed by atoms with Crippen molar-refractivity contribution < 1.29 is 27.8 Å². The second kappa shape index (κ2) is 15.7. The highest BCUT2D eigenvalue weighted by molar-refractivity contribution is 5.20. The molecule has 1 rings (SSSR count). The maximum Gasteiger partial charge on any atom is 0.283 e. The molecule has 0 saturated carbocycles. The lowest BCUT2D eigenvalue weighted by molar-refractivity contribution is -0.385. The first-order valence-corrected chi connectivity index (χ1v) is 12.0. The molecule has 1 unspecified atom stereocenters. The maximum atomic E-state index is 13.8. The number of rotatable bonds is 18. The number of halogens is 3. The van der Waals surface area contributed by atoms with Crippen molar-refractivity contribution in [2.75, 3.05) is 13.2 Å². The van der Waals surface area contributed by atoms with E-state index in [0.29, 0.717) is 26.1 Å². The minimum Gasteiger partial charge on any atom is -0.343 e.